The summed E-state index contributed by atoms with van der Waals surface area (Å²) in [7, 11) is 0. The first-order chi connectivity index (χ1) is 11.2. The number of hydrogen-bond acceptors (Lipinski definition) is 4. The highest BCUT2D eigenvalue weighted by molar-refractivity contribution is 7.80. The number of hydrogen-bond donors (Lipinski definition) is 2. The minimum Gasteiger partial charge on any atom is -0.363 e. The van der Waals surface area contributed by atoms with Gasteiger partial charge in [-0.2, -0.15) is 4.98 Å². The highest BCUT2D eigenvalue weighted by Crippen LogP contribution is 2.25. The van der Waals surface area contributed by atoms with Crippen molar-refractivity contribution in [3.05, 3.63) is 46.6 Å². The Bertz CT molecular complexity index is 721. The molecule has 1 aliphatic rings. The lowest BCUT2D eigenvalue weighted by atomic mass is 10.00. The topological polar surface area (TPSA) is 53.1 Å². The number of thiocarbonyl (C=S) groups is 1. The molecule has 120 valence electrons. The van der Waals surface area contributed by atoms with Crippen LogP contribution in [0.15, 0.2) is 30.3 Å². The molecule has 0 aliphatic carbocycles. The van der Waals surface area contributed by atoms with Gasteiger partial charge in [0.25, 0.3) is 0 Å². The van der Waals surface area contributed by atoms with Crippen LogP contribution in [-0.2, 0) is 13.0 Å². The number of anilines is 2. The van der Waals surface area contributed by atoms with E-state index in [9.17, 15) is 0 Å². The third-order valence-corrected chi connectivity index (χ3v) is 4.14. The van der Waals surface area contributed by atoms with Crippen molar-refractivity contribution in [1.29, 1.82) is 0 Å². The molecule has 1 aromatic carbocycles. The predicted molar refractivity (Wildman–Crippen MR) is 98.1 cm³/mol. The van der Waals surface area contributed by atoms with Crippen LogP contribution in [0.3, 0.4) is 0 Å². The average Bonchev–Trinajstić information content (AvgIpc) is 2.54. The Balaban J connectivity index is 1.80. The number of nitrogens with one attached hydrogen (secondary N) is 2. The number of halogens is 1. The molecule has 0 radical (unpaired) electrons. The SMILES string of the molecule is CCNC(=S)Nc1nc(Cl)cc(N2CCc3ccccc3C2)n1. The van der Waals surface area contributed by atoms with E-state index in [0.717, 1.165) is 31.9 Å². The molecule has 3 rings (SSSR count). The lowest BCUT2D eigenvalue weighted by Crippen LogP contribution is -2.32. The van der Waals surface area contributed by atoms with Crippen LogP contribution in [0.2, 0.25) is 5.15 Å². The molecule has 23 heavy (non-hydrogen) atoms. The molecule has 2 N–H and O–H groups in total. The maximum Gasteiger partial charge on any atom is 0.232 e. The van der Waals surface area contributed by atoms with Gasteiger partial charge in [0.15, 0.2) is 5.11 Å². The van der Waals surface area contributed by atoms with Crippen molar-refractivity contribution < 1.29 is 0 Å². The Labute approximate surface area is 146 Å². The minimum absolute atomic E-state index is 0.399. The summed E-state index contributed by atoms with van der Waals surface area (Å²) < 4.78 is 0. The summed E-state index contributed by atoms with van der Waals surface area (Å²) >= 11 is 11.3. The lowest BCUT2D eigenvalue weighted by molar-refractivity contribution is 0.720. The van der Waals surface area contributed by atoms with Gasteiger partial charge >= 0.3 is 0 Å². The van der Waals surface area contributed by atoms with Crippen molar-refractivity contribution in [2.75, 3.05) is 23.3 Å². The summed E-state index contributed by atoms with van der Waals surface area (Å²) in [5.41, 5.74) is 2.72. The fourth-order valence-electron chi connectivity index (χ4n) is 2.62. The first kappa shape index (κ1) is 16.0. The Morgan fingerprint density at radius 2 is 2.09 bits per heavy atom. The zero-order chi connectivity index (χ0) is 16.2. The standard InChI is InChI=1S/C16H18ClN5S/c1-2-18-16(23)21-15-19-13(17)9-14(20-15)22-8-7-11-5-3-4-6-12(11)10-22/h3-6,9H,2,7-8,10H2,1H3,(H2,18,19,20,21,23). The molecule has 5 nitrogen and oxygen atoms in total. The molecule has 7 heteroatoms. The van der Waals surface area contributed by atoms with Crippen LogP contribution < -0.4 is 15.5 Å². The van der Waals surface area contributed by atoms with E-state index in [2.05, 4.69) is 49.8 Å². The third kappa shape index (κ3) is 3.89. The normalized spacial score (nSPS) is 13.4. The second-order valence-electron chi connectivity index (χ2n) is 5.30. The van der Waals surface area contributed by atoms with Crippen LogP contribution in [0.4, 0.5) is 11.8 Å². The van der Waals surface area contributed by atoms with Gasteiger partial charge in [0.05, 0.1) is 0 Å². The summed E-state index contributed by atoms with van der Waals surface area (Å²) in [5.74, 6) is 1.22. The van der Waals surface area contributed by atoms with E-state index in [1.165, 1.54) is 11.1 Å². The average molecular weight is 348 g/mol. The summed E-state index contributed by atoms with van der Waals surface area (Å²) in [5, 5.41) is 6.87. The maximum absolute atomic E-state index is 6.15. The maximum atomic E-state index is 6.15. The molecule has 0 saturated carbocycles. The molecule has 0 saturated heterocycles. The second kappa shape index (κ2) is 7.10. The van der Waals surface area contributed by atoms with E-state index in [-0.39, 0.29) is 0 Å². The number of nitrogens with zero attached hydrogens (tertiary/aromatic N) is 3. The van der Waals surface area contributed by atoms with Gasteiger partial charge in [-0.25, -0.2) is 4.98 Å². The van der Waals surface area contributed by atoms with Gasteiger partial charge in [-0.05, 0) is 36.7 Å². The van der Waals surface area contributed by atoms with Gasteiger partial charge in [-0.3, -0.25) is 0 Å². The van der Waals surface area contributed by atoms with E-state index in [4.69, 9.17) is 23.8 Å². The molecule has 0 amide bonds. The van der Waals surface area contributed by atoms with E-state index >= 15 is 0 Å². The monoisotopic (exact) mass is 347 g/mol. The highest BCUT2D eigenvalue weighted by Gasteiger charge is 2.18. The summed E-state index contributed by atoms with van der Waals surface area (Å²) in [6, 6.07) is 10.3. The molecular weight excluding hydrogens is 330 g/mol. The van der Waals surface area contributed by atoms with E-state index in [1.807, 2.05) is 6.92 Å². The highest BCUT2D eigenvalue weighted by atomic mass is 35.5. The molecule has 1 aromatic heterocycles. The fourth-order valence-corrected chi connectivity index (χ4v) is 3.03. The molecule has 0 spiro atoms. The number of rotatable bonds is 3. The first-order valence-corrected chi connectivity index (χ1v) is 8.35. The molecular formula is C16H18ClN5S. The van der Waals surface area contributed by atoms with Crippen molar-refractivity contribution >= 4 is 40.7 Å². The summed E-state index contributed by atoms with van der Waals surface area (Å²) in [6.45, 7) is 4.44. The van der Waals surface area contributed by atoms with Crippen molar-refractivity contribution in [3.63, 3.8) is 0 Å². The van der Waals surface area contributed by atoms with Crippen molar-refractivity contribution in [1.82, 2.24) is 15.3 Å². The predicted octanol–water partition coefficient (Wildman–Crippen LogP) is 3.00. The first-order valence-electron chi connectivity index (χ1n) is 7.57. The van der Waals surface area contributed by atoms with E-state index < -0.39 is 0 Å². The fraction of sp³-hybridized carbons (Fsp3) is 0.312. The smallest absolute Gasteiger partial charge is 0.232 e. The molecule has 1 aliphatic heterocycles. The second-order valence-corrected chi connectivity index (χ2v) is 6.09. The number of aromatic nitrogens is 2. The van der Waals surface area contributed by atoms with Gasteiger partial charge in [-0.1, -0.05) is 35.9 Å². The Morgan fingerprint density at radius 3 is 2.87 bits per heavy atom. The largest absolute Gasteiger partial charge is 0.363 e. The van der Waals surface area contributed by atoms with E-state index in [0.29, 0.717) is 16.2 Å². The summed E-state index contributed by atoms with van der Waals surface area (Å²) in [4.78, 5) is 10.9. The molecule has 0 atom stereocenters. The Hall–Kier alpha value is -1.92. The lowest BCUT2D eigenvalue weighted by Gasteiger charge is -2.30. The van der Waals surface area contributed by atoms with Crippen molar-refractivity contribution in [2.45, 2.75) is 19.9 Å². The number of benzene rings is 1. The quantitative estimate of drug-likeness (QED) is 0.657. The van der Waals surface area contributed by atoms with Gasteiger partial charge in [-0.15, -0.1) is 0 Å². The van der Waals surface area contributed by atoms with Gasteiger partial charge in [0, 0.05) is 25.7 Å². The number of fused-ring (bicyclic) bond motifs is 1. The zero-order valence-electron chi connectivity index (χ0n) is 12.8. The van der Waals surface area contributed by atoms with Crippen LogP contribution in [0, 0.1) is 0 Å². The van der Waals surface area contributed by atoms with E-state index in [1.54, 1.807) is 6.07 Å². The zero-order valence-corrected chi connectivity index (χ0v) is 14.4. The Kier molecular flexibility index (Phi) is 4.93. The van der Waals surface area contributed by atoms with Crippen molar-refractivity contribution in [3.8, 4) is 0 Å². The van der Waals surface area contributed by atoms with Crippen LogP contribution >= 0.6 is 23.8 Å². The summed E-state index contributed by atoms with van der Waals surface area (Å²) in [6.07, 6.45) is 0.996. The van der Waals surface area contributed by atoms with Crippen LogP contribution in [0.25, 0.3) is 0 Å². The van der Waals surface area contributed by atoms with Crippen LogP contribution in [-0.4, -0.2) is 28.2 Å². The minimum atomic E-state index is 0.399. The molecule has 2 aromatic rings. The van der Waals surface area contributed by atoms with Gasteiger partial charge in [0.2, 0.25) is 5.95 Å². The molecule has 0 fully saturated rings. The van der Waals surface area contributed by atoms with Gasteiger partial charge in [0.1, 0.15) is 11.0 Å². The molecule has 0 bridgehead atoms. The third-order valence-electron chi connectivity index (χ3n) is 3.70. The molecule has 2 heterocycles. The van der Waals surface area contributed by atoms with Crippen LogP contribution in [0.1, 0.15) is 18.1 Å². The van der Waals surface area contributed by atoms with Crippen molar-refractivity contribution in [2.24, 2.45) is 0 Å². The van der Waals surface area contributed by atoms with Crippen LogP contribution in [0.5, 0.6) is 0 Å². The van der Waals surface area contributed by atoms with Gasteiger partial charge < -0.3 is 15.5 Å². The Morgan fingerprint density at radius 1 is 1.30 bits per heavy atom. The molecule has 0 unspecified atom stereocenters.